The second-order valence-electron chi connectivity index (χ2n) is 6.39. The molecule has 1 aliphatic heterocycles. The Morgan fingerprint density at radius 1 is 1.42 bits per heavy atom. The van der Waals surface area contributed by atoms with Crippen LogP contribution in [0.15, 0.2) is 46.4 Å². The van der Waals surface area contributed by atoms with Gasteiger partial charge in [-0.25, -0.2) is 14.9 Å². The lowest BCUT2D eigenvalue weighted by Gasteiger charge is -2.23. The first kappa shape index (κ1) is 24.8. The molecule has 0 unspecified atom stereocenters. The van der Waals surface area contributed by atoms with Crippen LogP contribution in [0.5, 0.6) is 0 Å². The summed E-state index contributed by atoms with van der Waals surface area (Å²) in [7, 11) is 1.82. The molecule has 0 atom stereocenters. The fourth-order valence-electron chi connectivity index (χ4n) is 2.76. The Bertz CT molecular complexity index is 984. The predicted molar refractivity (Wildman–Crippen MR) is 128 cm³/mol. The summed E-state index contributed by atoms with van der Waals surface area (Å²) in [5.41, 5.74) is 3.63. The van der Waals surface area contributed by atoms with Crippen molar-refractivity contribution in [2.24, 2.45) is 4.99 Å². The van der Waals surface area contributed by atoms with Crippen LogP contribution in [-0.4, -0.2) is 30.8 Å². The Morgan fingerprint density at radius 2 is 2.16 bits per heavy atom. The van der Waals surface area contributed by atoms with Crippen LogP contribution < -0.4 is 10.8 Å². The average Bonchev–Trinajstić information content (AvgIpc) is 2.75. The molecule has 1 aliphatic rings. The van der Waals surface area contributed by atoms with E-state index in [-0.39, 0.29) is 23.5 Å². The van der Waals surface area contributed by atoms with E-state index in [1.807, 2.05) is 20.9 Å². The first-order valence-electron chi connectivity index (χ1n) is 9.75. The van der Waals surface area contributed by atoms with Gasteiger partial charge in [-0.05, 0) is 30.7 Å². The normalized spacial score (nSPS) is 11.9. The summed E-state index contributed by atoms with van der Waals surface area (Å²) in [6, 6.07) is 6.72. The third kappa shape index (κ3) is 6.29. The maximum absolute atomic E-state index is 15.4. The minimum Gasteiger partial charge on any atom is -0.361 e. The molecule has 166 valence electrons. The highest BCUT2D eigenvalue weighted by Crippen LogP contribution is 2.38. The van der Waals surface area contributed by atoms with Crippen LogP contribution in [0.4, 0.5) is 21.5 Å². The second kappa shape index (κ2) is 11.8. The van der Waals surface area contributed by atoms with Crippen molar-refractivity contribution in [3.05, 3.63) is 63.4 Å². The molecule has 0 spiro atoms. The minimum atomic E-state index is -0.637. The van der Waals surface area contributed by atoms with E-state index < -0.39 is 11.7 Å². The Hall–Kier alpha value is -2.42. The molecule has 3 rings (SSSR count). The Kier molecular flexibility index (Phi) is 9.48. The van der Waals surface area contributed by atoms with Gasteiger partial charge in [0.15, 0.2) is 5.82 Å². The van der Waals surface area contributed by atoms with Gasteiger partial charge in [0.1, 0.15) is 5.69 Å². The molecule has 9 heteroatoms. The van der Waals surface area contributed by atoms with Crippen LogP contribution in [0.2, 0.25) is 5.02 Å². The summed E-state index contributed by atoms with van der Waals surface area (Å²) in [6.07, 6.45) is 3.78. The number of rotatable bonds is 7. The standard InChI is InChI=1S/C20H19BrClFN4O2.C2H6/c1-3-4-7-29-26-20(28)14-8-12-10-27(2)11-24-18(12)17(23)19(14)25-16-6-5-13(21)9-15(16)22;1-2/h3,5-6,8-9,11,25H,1,4,7,10H2,2H3,(H,26,28);1-2H3. The van der Waals surface area contributed by atoms with Crippen LogP contribution in [0, 0.1) is 5.82 Å². The lowest BCUT2D eigenvalue weighted by molar-refractivity contribution is 0.0330. The molecule has 0 saturated carbocycles. The predicted octanol–water partition coefficient (Wildman–Crippen LogP) is 6.35. The number of halogens is 3. The van der Waals surface area contributed by atoms with Crippen molar-refractivity contribution in [3.63, 3.8) is 0 Å². The van der Waals surface area contributed by atoms with Gasteiger partial charge in [0, 0.05) is 23.6 Å². The number of anilines is 2. The molecule has 0 aliphatic carbocycles. The van der Waals surface area contributed by atoms with E-state index >= 15 is 4.39 Å². The van der Waals surface area contributed by atoms with Crippen molar-refractivity contribution in [2.45, 2.75) is 26.8 Å². The molecule has 1 amide bonds. The van der Waals surface area contributed by atoms with Crippen molar-refractivity contribution in [3.8, 4) is 0 Å². The third-order valence-electron chi connectivity index (χ3n) is 4.15. The monoisotopic (exact) mass is 510 g/mol. The van der Waals surface area contributed by atoms with Crippen LogP contribution in [0.1, 0.15) is 36.2 Å². The number of hydrogen-bond acceptors (Lipinski definition) is 5. The number of hydrogen-bond donors (Lipinski definition) is 2. The second-order valence-corrected chi connectivity index (χ2v) is 7.71. The number of carbonyl (C=O) groups is 1. The lowest BCUT2D eigenvalue weighted by Crippen LogP contribution is -2.26. The number of carbonyl (C=O) groups excluding carboxylic acids is 1. The van der Waals surface area contributed by atoms with Crippen LogP contribution in [0.3, 0.4) is 0 Å². The highest BCUT2D eigenvalue weighted by atomic mass is 79.9. The minimum absolute atomic E-state index is 0.0282. The average molecular weight is 512 g/mol. The molecule has 0 radical (unpaired) electrons. The quantitative estimate of drug-likeness (QED) is 0.258. The Balaban J connectivity index is 0.00000166. The summed E-state index contributed by atoms with van der Waals surface area (Å²) < 4.78 is 16.1. The van der Waals surface area contributed by atoms with Crippen molar-refractivity contribution in [2.75, 3.05) is 19.0 Å². The Morgan fingerprint density at radius 3 is 2.84 bits per heavy atom. The molecule has 0 fully saturated rings. The highest BCUT2D eigenvalue weighted by molar-refractivity contribution is 9.10. The summed E-state index contributed by atoms with van der Waals surface area (Å²) in [5.74, 6) is -1.22. The van der Waals surface area contributed by atoms with Gasteiger partial charge >= 0.3 is 0 Å². The zero-order chi connectivity index (χ0) is 23.0. The highest BCUT2D eigenvalue weighted by Gasteiger charge is 2.25. The van der Waals surface area contributed by atoms with E-state index in [1.165, 1.54) is 0 Å². The number of nitrogens with zero attached hydrogens (tertiary/aromatic N) is 2. The van der Waals surface area contributed by atoms with Crippen LogP contribution in [0.25, 0.3) is 0 Å². The SMILES string of the molecule is C=CCCONC(=O)c1cc2c(c(F)c1Nc1ccc(Br)cc1Cl)N=CN(C)C2.CC. The summed E-state index contributed by atoms with van der Waals surface area (Å²) >= 11 is 9.59. The number of aliphatic imine (C=N–C) groups is 1. The van der Waals surface area contributed by atoms with E-state index in [0.717, 1.165) is 4.47 Å². The summed E-state index contributed by atoms with van der Waals surface area (Å²) in [4.78, 5) is 23.8. The van der Waals surface area contributed by atoms with E-state index in [0.29, 0.717) is 29.2 Å². The van der Waals surface area contributed by atoms with Gasteiger partial charge in [0.25, 0.3) is 5.91 Å². The van der Waals surface area contributed by atoms with E-state index in [9.17, 15) is 4.79 Å². The van der Waals surface area contributed by atoms with Gasteiger partial charge in [-0.2, -0.15) is 0 Å². The zero-order valence-electron chi connectivity index (χ0n) is 17.6. The van der Waals surface area contributed by atoms with Crippen molar-refractivity contribution in [1.29, 1.82) is 0 Å². The van der Waals surface area contributed by atoms with E-state index in [4.69, 9.17) is 16.4 Å². The van der Waals surface area contributed by atoms with Gasteiger partial charge in [-0.3, -0.25) is 9.63 Å². The molecule has 2 N–H and O–H groups in total. The molecule has 1 heterocycles. The van der Waals surface area contributed by atoms with Crippen molar-refractivity contribution in [1.82, 2.24) is 10.4 Å². The molecule has 0 aromatic heterocycles. The molecular formula is C22H25BrClFN4O2. The first-order chi connectivity index (χ1) is 14.9. The molecule has 31 heavy (non-hydrogen) atoms. The van der Waals surface area contributed by atoms with Gasteiger partial charge in [-0.1, -0.05) is 47.5 Å². The van der Waals surface area contributed by atoms with Crippen LogP contribution >= 0.6 is 27.5 Å². The fourth-order valence-corrected chi connectivity index (χ4v) is 3.48. The number of amides is 1. The van der Waals surface area contributed by atoms with Gasteiger partial charge in [0.2, 0.25) is 0 Å². The molecule has 0 saturated heterocycles. The van der Waals surface area contributed by atoms with Crippen molar-refractivity contribution >= 4 is 56.8 Å². The number of nitrogens with one attached hydrogen (secondary N) is 2. The largest absolute Gasteiger partial charge is 0.361 e. The number of benzene rings is 2. The molecule has 2 aromatic carbocycles. The van der Waals surface area contributed by atoms with Gasteiger partial charge < -0.3 is 10.2 Å². The van der Waals surface area contributed by atoms with Gasteiger partial charge in [-0.15, -0.1) is 6.58 Å². The lowest BCUT2D eigenvalue weighted by atomic mass is 10.0. The molecule has 6 nitrogen and oxygen atoms in total. The van der Waals surface area contributed by atoms with Gasteiger partial charge in [0.05, 0.1) is 34.9 Å². The molecular weight excluding hydrogens is 487 g/mol. The maximum Gasteiger partial charge on any atom is 0.277 e. The zero-order valence-corrected chi connectivity index (χ0v) is 20.0. The fraction of sp³-hybridized carbons (Fsp3) is 0.273. The maximum atomic E-state index is 15.4. The number of hydroxylamine groups is 1. The topological polar surface area (TPSA) is 66.0 Å². The van der Waals surface area contributed by atoms with Crippen LogP contribution in [-0.2, 0) is 11.4 Å². The molecule has 0 bridgehead atoms. The first-order valence-corrected chi connectivity index (χ1v) is 10.9. The van der Waals surface area contributed by atoms with E-state index in [1.54, 1.807) is 41.6 Å². The smallest absolute Gasteiger partial charge is 0.277 e. The van der Waals surface area contributed by atoms with Crippen molar-refractivity contribution < 1.29 is 14.0 Å². The number of fused-ring (bicyclic) bond motifs is 1. The Labute approximate surface area is 195 Å². The summed E-state index contributed by atoms with van der Waals surface area (Å²) in [6.45, 7) is 8.28. The summed E-state index contributed by atoms with van der Waals surface area (Å²) in [5, 5.41) is 3.30. The third-order valence-corrected chi connectivity index (χ3v) is 4.95. The molecule has 2 aromatic rings. The van der Waals surface area contributed by atoms with E-state index in [2.05, 4.69) is 38.3 Å².